The second-order valence-electron chi connectivity index (χ2n) is 13.8. The second-order valence-corrected chi connectivity index (χ2v) is 13.8. The van der Waals surface area contributed by atoms with Crippen molar-refractivity contribution in [1.29, 1.82) is 0 Å². The Labute approximate surface area is 309 Å². The molecule has 53 heavy (non-hydrogen) atoms. The average molecular weight is 677 g/mol. The van der Waals surface area contributed by atoms with Crippen molar-refractivity contribution >= 4 is 71.5 Å². The van der Waals surface area contributed by atoms with E-state index < -0.39 is 0 Å². The summed E-state index contributed by atoms with van der Waals surface area (Å²) in [6, 6.07) is 72.6. The van der Waals surface area contributed by atoms with Gasteiger partial charge in [-0.1, -0.05) is 146 Å². The molecule has 0 N–H and O–H groups in total. The van der Waals surface area contributed by atoms with Crippen molar-refractivity contribution in [2.75, 3.05) is 16.8 Å². The number of fused-ring (bicyclic) bond motifs is 2. The van der Waals surface area contributed by atoms with Gasteiger partial charge in [0, 0.05) is 40.9 Å². The summed E-state index contributed by atoms with van der Waals surface area (Å²) in [5, 5.41) is 10.5. The van der Waals surface area contributed by atoms with Crippen LogP contribution in [-0.2, 0) is 0 Å². The Morgan fingerprint density at radius 2 is 0.755 bits per heavy atom. The van der Waals surface area contributed by atoms with E-state index >= 15 is 0 Å². The molecule has 0 aliphatic rings. The minimum Gasteiger partial charge on any atom is -0.344 e. The van der Waals surface area contributed by atoms with Gasteiger partial charge in [0.2, 0.25) is 0 Å². The van der Waals surface area contributed by atoms with Crippen molar-refractivity contribution in [2.45, 2.75) is 0 Å². The predicted molar refractivity (Wildman–Crippen MR) is 228 cm³/mol. The zero-order valence-electron chi connectivity index (χ0n) is 29.4. The van der Waals surface area contributed by atoms with Gasteiger partial charge in [-0.25, -0.2) is 0 Å². The van der Waals surface area contributed by atoms with Gasteiger partial charge in [0.05, 0.1) is 0 Å². The molecular formula is C51H36N2. The highest BCUT2D eigenvalue weighted by atomic mass is 15.1. The second kappa shape index (κ2) is 12.7. The lowest BCUT2D eigenvalue weighted by Crippen LogP contribution is -2.12. The number of hydrogen-bond acceptors (Lipinski definition) is 2. The van der Waals surface area contributed by atoms with Crippen molar-refractivity contribution in [2.24, 2.45) is 0 Å². The van der Waals surface area contributed by atoms with E-state index in [0.29, 0.717) is 0 Å². The van der Waals surface area contributed by atoms with Crippen LogP contribution in [0.3, 0.4) is 0 Å². The third kappa shape index (κ3) is 5.27. The maximum atomic E-state index is 2.36. The Hall–Kier alpha value is -6.90. The molecule has 0 fully saturated rings. The number of hydrogen-bond donors (Lipinski definition) is 0. The summed E-state index contributed by atoms with van der Waals surface area (Å²) in [7, 11) is 2.18. The third-order valence-corrected chi connectivity index (χ3v) is 10.8. The summed E-state index contributed by atoms with van der Waals surface area (Å²) in [4.78, 5) is 4.69. The van der Waals surface area contributed by atoms with Crippen LogP contribution in [0.15, 0.2) is 200 Å². The van der Waals surface area contributed by atoms with Gasteiger partial charge in [0.15, 0.2) is 0 Å². The summed E-state index contributed by atoms with van der Waals surface area (Å²) < 4.78 is 0. The van der Waals surface area contributed by atoms with Crippen LogP contribution in [-0.4, -0.2) is 7.05 Å². The topological polar surface area (TPSA) is 6.48 Å². The molecule has 2 nitrogen and oxygen atoms in total. The minimum atomic E-state index is 1.10. The first kappa shape index (κ1) is 30.9. The maximum Gasteiger partial charge on any atom is 0.0488 e. The Bertz CT molecular complexity index is 2760. The fraction of sp³-hybridized carbons (Fsp3) is 0.0196. The first-order chi connectivity index (χ1) is 26.2. The Morgan fingerprint density at radius 3 is 1.34 bits per heavy atom. The molecule has 0 spiro atoms. The van der Waals surface area contributed by atoms with Crippen LogP contribution >= 0.6 is 0 Å². The first-order valence-corrected chi connectivity index (χ1v) is 18.2. The molecule has 2 heteroatoms. The average Bonchev–Trinajstić information content (AvgIpc) is 3.23. The van der Waals surface area contributed by atoms with Gasteiger partial charge < -0.3 is 9.80 Å². The zero-order valence-corrected chi connectivity index (χ0v) is 29.4. The summed E-state index contributed by atoms with van der Waals surface area (Å²) in [5.41, 5.74) is 10.4. The van der Waals surface area contributed by atoms with E-state index in [1.807, 2.05) is 0 Å². The number of benzene rings is 10. The fourth-order valence-electron chi connectivity index (χ4n) is 8.24. The van der Waals surface area contributed by atoms with Crippen LogP contribution in [0.1, 0.15) is 0 Å². The van der Waals surface area contributed by atoms with Gasteiger partial charge in [-0.2, -0.15) is 0 Å². The molecule has 10 rings (SSSR count). The van der Waals surface area contributed by atoms with E-state index in [9.17, 15) is 0 Å². The quantitative estimate of drug-likeness (QED) is 0.122. The molecule has 0 saturated heterocycles. The molecule has 0 unspecified atom stereocenters. The Morgan fingerprint density at radius 1 is 0.302 bits per heavy atom. The monoisotopic (exact) mass is 676 g/mol. The highest BCUT2D eigenvalue weighted by molar-refractivity contribution is 6.34. The molecule has 0 heterocycles. The van der Waals surface area contributed by atoms with Crippen molar-refractivity contribution in [3.05, 3.63) is 200 Å². The summed E-state index contributed by atoms with van der Waals surface area (Å²) in [6.07, 6.45) is 0. The van der Waals surface area contributed by atoms with E-state index in [0.717, 1.165) is 22.7 Å². The molecule has 10 aromatic rings. The molecule has 0 radical (unpaired) electrons. The van der Waals surface area contributed by atoms with Gasteiger partial charge in [-0.3, -0.25) is 0 Å². The lowest BCUT2D eigenvalue weighted by Gasteiger charge is -2.28. The molecule has 0 aliphatic carbocycles. The summed E-state index contributed by atoms with van der Waals surface area (Å²) in [6.45, 7) is 0. The van der Waals surface area contributed by atoms with Crippen LogP contribution < -0.4 is 9.80 Å². The number of nitrogens with zero attached hydrogens (tertiary/aromatic N) is 2. The van der Waals surface area contributed by atoms with Gasteiger partial charge in [0.1, 0.15) is 0 Å². The van der Waals surface area contributed by atoms with Crippen LogP contribution in [0, 0.1) is 0 Å². The number of rotatable bonds is 7. The molecule has 10 aromatic carbocycles. The van der Waals surface area contributed by atoms with E-state index in [1.54, 1.807) is 0 Å². The van der Waals surface area contributed by atoms with Gasteiger partial charge in [0.25, 0.3) is 0 Å². The van der Waals surface area contributed by atoms with Crippen LogP contribution in [0.25, 0.3) is 65.3 Å². The van der Waals surface area contributed by atoms with Gasteiger partial charge in [-0.05, 0) is 115 Å². The molecular weight excluding hydrogens is 641 g/mol. The normalized spacial score (nSPS) is 11.5. The van der Waals surface area contributed by atoms with E-state index in [2.05, 4.69) is 217 Å². The van der Waals surface area contributed by atoms with Crippen LogP contribution in [0.2, 0.25) is 0 Å². The molecule has 0 aliphatic heterocycles. The van der Waals surface area contributed by atoms with Crippen molar-refractivity contribution in [1.82, 2.24) is 0 Å². The largest absolute Gasteiger partial charge is 0.344 e. The third-order valence-electron chi connectivity index (χ3n) is 10.8. The van der Waals surface area contributed by atoms with Gasteiger partial charge >= 0.3 is 0 Å². The molecule has 250 valence electrons. The Balaban J connectivity index is 1.08. The SMILES string of the molecule is CN(c1ccc(N(c2cccc(-c3ccccc3)c2)c2cccc(-c3ccccc3)c2)cc1)c1ccc2c3cccc4cccc(c5cccc1c52)c43. The van der Waals surface area contributed by atoms with E-state index in [4.69, 9.17) is 0 Å². The lowest BCUT2D eigenvalue weighted by molar-refractivity contribution is 1.21. The van der Waals surface area contributed by atoms with Crippen molar-refractivity contribution < 1.29 is 0 Å². The summed E-state index contributed by atoms with van der Waals surface area (Å²) >= 11 is 0. The van der Waals surface area contributed by atoms with E-state index in [-0.39, 0.29) is 0 Å². The number of anilines is 5. The molecule has 0 amide bonds. The molecule has 0 aromatic heterocycles. The Kier molecular flexibility index (Phi) is 7.40. The van der Waals surface area contributed by atoms with E-state index in [1.165, 1.54) is 71.0 Å². The lowest BCUT2D eigenvalue weighted by atomic mass is 9.89. The molecule has 0 atom stereocenters. The van der Waals surface area contributed by atoms with Crippen molar-refractivity contribution in [3.63, 3.8) is 0 Å². The molecule has 0 bridgehead atoms. The summed E-state index contributed by atoms with van der Waals surface area (Å²) in [5.74, 6) is 0. The highest BCUT2D eigenvalue weighted by Crippen LogP contribution is 2.44. The smallest absolute Gasteiger partial charge is 0.0488 e. The fourth-order valence-corrected chi connectivity index (χ4v) is 8.24. The van der Waals surface area contributed by atoms with Gasteiger partial charge in [-0.15, -0.1) is 0 Å². The van der Waals surface area contributed by atoms with Crippen LogP contribution in [0.4, 0.5) is 28.4 Å². The predicted octanol–water partition coefficient (Wildman–Crippen LogP) is 14.3. The highest BCUT2D eigenvalue weighted by Gasteiger charge is 2.18. The minimum absolute atomic E-state index is 1.10. The van der Waals surface area contributed by atoms with Crippen LogP contribution in [0.5, 0.6) is 0 Å². The maximum absolute atomic E-state index is 2.36. The standard InChI is InChI=1S/C51H36N2/c1-52(49-32-31-47-45-24-11-18-37-17-10-23-44(50(37)45)46-25-12-26-48(49)51(46)47)40-27-29-41(30-28-40)53(42-21-8-19-38(33-42)35-13-4-2-5-14-35)43-22-9-20-39(34-43)36-15-6-3-7-16-36/h2-34H,1H3. The zero-order chi connectivity index (χ0) is 35.3. The van der Waals surface area contributed by atoms with Crippen molar-refractivity contribution in [3.8, 4) is 22.3 Å². The molecule has 0 saturated carbocycles. The first-order valence-electron chi connectivity index (χ1n) is 18.2.